The number of fused-ring (bicyclic) bond motifs is 1. The smallest absolute Gasteiger partial charge is 0.271 e. The van der Waals surface area contributed by atoms with E-state index in [1.165, 1.54) is 10.5 Å². The Morgan fingerprint density at radius 2 is 2.04 bits per heavy atom. The van der Waals surface area contributed by atoms with Crippen molar-refractivity contribution in [3.63, 3.8) is 0 Å². The van der Waals surface area contributed by atoms with Crippen LogP contribution in [0.4, 0.5) is 5.69 Å². The molecule has 0 unspecified atom stereocenters. The molecule has 0 radical (unpaired) electrons. The fraction of sp³-hybridized carbons (Fsp3) is 0.273. The lowest BCUT2D eigenvalue weighted by molar-refractivity contribution is 0.722. The van der Waals surface area contributed by atoms with Gasteiger partial charge in [0, 0.05) is 24.7 Å². The summed E-state index contributed by atoms with van der Waals surface area (Å²) in [5, 5.41) is 1.01. The van der Waals surface area contributed by atoms with Crippen LogP contribution in [0.15, 0.2) is 52.3 Å². The van der Waals surface area contributed by atoms with E-state index in [0.717, 1.165) is 25.6 Å². The lowest BCUT2D eigenvalue weighted by atomic mass is 10.0. The largest absolute Gasteiger partial charge is 0.337 e. The predicted molar refractivity (Wildman–Crippen MR) is 120 cm³/mol. The monoisotopic (exact) mass is 409 g/mol. The van der Waals surface area contributed by atoms with Crippen LogP contribution in [0.25, 0.3) is 11.1 Å². The Hall–Kier alpha value is -2.31. The summed E-state index contributed by atoms with van der Waals surface area (Å²) in [6.45, 7) is 7.05. The molecule has 0 spiro atoms. The fourth-order valence-electron chi connectivity index (χ4n) is 3.29. The fourth-order valence-corrected chi connectivity index (χ4v) is 5.80. The molecule has 1 aromatic carbocycles. The molecule has 0 saturated heterocycles. The number of nitrogens with zero attached hydrogens (tertiary/aromatic N) is 3. The van der Waals surface area contributed by atoms with Crippen molar-refractivity contribution >= 4 is 39.9 Å². The zero-order valence-corrected chi connectivity index (χ0v) is 18.1. The van der Waals surface area contributed by atoms with Crippen molar-refractivity contribution in [2.45, 2.75) is 38.1 Å². The molecule has 2 aromatic heterocycles. The van der Waals surface area contributed by atoms with Crippen LogP contribution in [0.3, 0.4) is 0 Å². The van der Waals surface area contributed by atoms with Crippen molar-refractivity contribution in [2.24, 2.45) is 0 Å². The Kier molecular flexibility index (Phi) is 5.17. The number of rotatable bonds is 3. The second-order valence-electron chi connectivity index (χ2n) is 7.07. The highest BCUT2D eigenvalue weighted by molar-refractivity contribution is 8.08. The summed E-state index contributed by atoms with van der Waals surface area (Å²) < 4.78 is 3.55. The molecule has 1 aliphatic rings. The molecule has 144 valence electrons. The van der Waals surface area contributed by atoms with Crippen molar-refractivity contribution in [2.75, 3.05) is 11.9 Å². The highest BCUT2D eigenvalue weighted by atomic mass is 32.2. The third kappa shape index (κ3) is 3.31. The molecule has 0 atom stereocenters. The SMILES string of the molecule is CCn1c(=Cc2ccccn2)sc(=C2Sc3cc(C(C)C)ccc3N2C)c1=O. The Labute approximate surface area is 172 Å². The van der Waals surface area contributed by atoms with Gasteiger partial charge in [0.15, 0.2) is 0 Å². The minimum atomic E-state index is 0.0703. The Morgan fingerprint density at radius 3 is 2.71 bits per heavy atom. The third-order valence-corrected chi connectivity index (χ3v) is 7.37. The first-order valence-corrected chi connectivity index (χ1v) is 11.0. The maximum absolute atomic E-state index is 13.1. The standard InChI is InChI=1S/C22H23N3OS2/c1-5-25-19(13-16-8-6-7-11-23-16)28-20(21(25)26)22-24(4)17-10-9-15(14(2)3)12-18(17)27-22/h6-14H,5H2,1-4H3. The minimum absolute atomic E-state index is 0.0703. The number of hydrogen-bond donors (Lipinski definition) is 0. The minimum Gasteiger partial charge on any atom is -0.337 e. The molecule has 6 heteroatoms. The Morgan fingerprint density at radius 1 is 1.21 bits per heavy atom. The van der Waals surface area contributed by atoms with E-state index in [4.69, 9.17) is 0 Å². The van der Waals surface area contributed by atoms with E-state index >= 15 is 0 Å². The van der Waals surface area contributed by atoms with Crippen LogP contribution in [-0.2, 0) is 6.54 Å². The number of aromatic nitrogens is 2. The summed E-state index contributed by atoms with van der Waals surface area (Å²) in [6.07, 6.45) is 3.76. The number of pyridine rings is 1. The lowest BCUT2D eigenvalue weighted by Crippen LogP contribution is -2.33. The molecule has 0 saturated carbocycles. The predicted octanol–water partition coefficient (Wildman–Crippen LogP) is 3.58. The lowest BCUT2D eigenvalue weighted by Gasteiger charge is -2.13. The number of thiazole rings is 1. The summed E-state index contributed by atoms with van der Waals surface area (Å²) in [4.78, 5) is 20.9. The van der Waals surface area contributed by atoms with Crippen molar-refractivity contribution < 1.29 is 0 Å². The first-order valence-electron chi connectivity index (χ1n) is 9.41. The topological polar surface area (TPSA) is 38.1 Å². The van der Waals surface area contributed by atoms with Crippen molar-refractivity contribution in [3.05, 3.63) is 73.4 Å². The van der Waals surface area contributed by atoms with Gasteiger partial charge in [0.05, 0.1) is 11.4 Å². The van der Waals surface area contributed by atoms with E-state index < -0.39 is 0 Å². The molecule has 3 aromatic rings. The summed E-state index contributed by atoms with van der Waals surface area (Å²) in [7, 11) is 2.04. The molecule has 1 aliphatic heterocycles. The van der Waals surface area contributed by atoms with Crippen LogP contribution in [0, 0.1) is 0 Å². The molecule has 0 fully saturated rings. The van der Waals surface area contributed by atoms with Gasteiger partial charge in [-0.25, -0.2) is 0 Å². The molecule has 0 amide bonds. The number of benzene rings is 1. The van der Waals surface area contributed by atoms with Crippen molar-refractivity contribution in [1.82, 2.24) is 9.55 Å². The van der Waals surface area contributed by atoms with Crippen LogP contribution in [0.2, 0.25) is 0 Å². The number of anilines is 1. The van der Waals surface area contributed by atoms with Gasteiger partial charge < -0.3 is 4.90 Å². The molecular formula is C22H23N3OS2. The molecular weight excluding hydrogens is 386 g/mol. The van der Waals surface area contributed by atoms with Crippen LogP contribution in [-0.4, -0.2) is 16.6 Å². The van der Waals surface area contributed by atoms with Gasteiger partial charge in [-0.2, -0.15) is 0 Å². The first kappa shape index (κ1) is 19.0. The van der Waals surface area contributed by atoms with E-state index in [1.54, 1.807) is 29.3 Å². The van der Waals surface area contributed by atoms with Gasteiger partial charge in [0.1, 0.15) is 14.2 Å². The Bertz CT molecular complexity index is 1190. The molecule has 0 bridgehead atoms. The normalized spacial score (nSPS) is 16.2. The second kappa shape index (κ2) is 7.60. The van der Waals surface area contributed by atoms with Gasteiger partial charge in [0.2, 0.25) is 0 Å². The average Bonchev–Trinajstić information content (AvgIpc) is 3.18. The van der Waals surface area contributed by atoms with Crippen molar-refractivity contribution in [3.8, 4) is 0 Å². The van der Waals surface area contributed by atoms with Crippen LogP contribution < -0.4 is 19.7 Å². The van der Waals surface area contributed by atoms with Crippen LogP contribution in [0.1, 0.15) is 37.9 Å². The zero-order valence-electron chi connectivity index (χ0n) is 16.5. The van der Waals surface area contributed by atoms with Crippen LogP contribution >= 0.6 is 23.1 Å². The van der Waals surface area contributed by atoms with E-state index in [2.05, 4.69) is 41.9 Å². The maximum atomic E-state index is 13.1. The average molecular weight is 410 g/mol. The summed E-state index contributed by atoms with van der Waals surface area (Å²) in [5.74, 6) is 0.485. The van der Waals surface area contributed by atoms with Gasteiger partial charge in [-0.3, -0.25) is 14.3 Å². The Balaban J connectivity index is 1.89. The van der Waals surface area contributed by atoms with Gasteiger partial charge in [-0.05, 0) is 48.7 Å². The molecule has 0 aliphatic carbocycles. The molecule has 0 N–H and O–H groups in total. The summed E-state index contributed by atoms with van der Waals surface area (Å²) in [5.41, 5.74) is 3.42. The quantitative estimate of drug-likeness (QED) is 0.663. The molecule has 3 heterocycles. The highest BCUT2D eigenvalue weighted by Crippen LogP contribution is 2.46. The molecule has 28 heavy (non-hydrogen) atoms. The van der Waals surface area contributed by atoms with Crippen LogP contribution in [0.5, 0.6) is 0 Å². The van der Waals surface area contributed by atoms with E-state index in [-0.39, 0.29) is 5.56 Å². The van der Waals surface area contributed by atoms with E-state index in [9.17, 15) is 4.79 Å². The first-order chi connectivity index (χ1) is 13.5. The number of thioether (sulfide) groups is 1. The second-order valence-corrected chi connectivity index (χ2v) is 9.13. The highest BCUT2D eigenvalue weighted by Gasteiger charge is 2.25. The van der Waals surface area contributed by atoms with E-state index in [0.29, 0.717) is 12.5 Å². The number of hydrogen-bond acceptors (Lipinski definition) is 5. The zero-order chi connectivity index (χ0) is 19.8. The van der Waals surface area contributed by atoms with Crippen molar-refractivity contribution in [1.29, 1.82) is 0 Å². The van der Waals surface area contributed by atoms with Gasteiger partial charge in [-0.15, -0.1) is 11.3 Å². The van der Waals surface area contributed by atoms with Gasteiger partial charge >= 0.3 is 0 Å². The van der Waals surface area contributed by atoms with Gasteiger partial charge in [-0.1, -0.05) is 37.7 Å². The molecule has 4 rings (SSSR count). The molecule has 4 nitrogen and oxygen atoms in total. The maximum Gasteiger partial charge on any atom is 0.271 e. The summed E-state index contributed by atoms with van der Waals surface area (Å²) in [6, 6.07) is 12.4. The summed E-state index contributed by atoms with van der Waals surface area (Å²) >= 11 is 3.24. The third-order valence-electron chi connectivity index (χ3n) is 4.90. The van der Waals surface area contributed by atoms with Gasteiger partial charge in [0.25, 0.3) is 5.56 Å². The van der Waals surface area contributed by atoms with E-state index in [1.807, 2.05) is 42.8 Å².